The summed E-state index contributed by atoms with van der Waals surface area (Å²) in [5.41, 5.74) is 0.342. The van der Waals surface area contributed by atoms with Gasteiger partial charge in [-0.2, -0.15) is 13.2 Å². The minimum Gasteiger partial charge on any atom is -0.489 e. The maximum Gasteiger partial charge on any atom is 0.450 e. The van der Waals surface area contributed by atoms with E-state index in [4.69, 9.17) is 20.8 Å². The van der Waals surface area contributed by atoms with Gasteiger partial charge in [-0.25, -0.2) is 0 Å². The molecule has 3 aromatic carbocycles. The first-order valence-corrected chi connectivity index (χ1v) is 9.92. The second kappa shape index (κ2) is 8.55. The molecule has 7 heteroatoms. The van der Waals surface area contributed by atoms with Crippen LogP contribution in [-0.4, -0.2) is 0 Å². The molecule has 0 aliphatic heterocycles. The molecule has 0 amide bonds. The molecule has 3 nitrogen and oxygen atoms in total. The molecule has 0 atom stereocenters. The maximum absolute atomic E-state index is 13.8. The van der Waals surface area contributed by atoms with Gasteiger partial charge in [0.2, 0.25) is 11.2 Å². The van der Waals surface area contributed by atoms with E-state index >= 15 is 0 Å². The second-order valence-corrected chi connectivity index (χ2v) is 7.47. The lowest BCUT2D eigenvalue weighted by Gasteiger charge is -2.13. The third-order valence-corrected chi connectivity index (χ3v) is 5.13. The van der Waals surface area contributed by atoms with Crippen LogP contribution in [0, 0.1) is 0 Å². The van der Waals surface area contributed by atoms with Crippen LogP contribution in [0.3, 0.4) is 0 Å². The number of halogens is 4. The van der Waals surface area contributed by atoms with E-state index in [0.717, 1.165) is 11.1 Å². The minimum atomic E-state index is -4.87. The van der Waals surface area contributed by atoms with E-state index in [-0.39, 0.29) is 28.9 Å². The molecule has 32 heavy (non-hydrogen) atoms. The van der Waals surface area contributed by atoms with Gasteiger partial charge in [0.05, 0.1) is 10.9 Å². The molecule has 0 unspecified atom stereocenters. The van der Waals surface area contributed by atoms with Crippen molar-refractivity contribution in [1.82, 2.24) is 0 Å². The van der Waals surface area contributed by atoms with Gasteiger partial charge in [0.15, 0.2) is 0 Å². The van der Waals surface area contributed by atoms with Crippen LogP contribution in [0.4, 0.5) is 13.2 Å². The van der Waals surface area contributed by atoms with E-state index in [2.05, 4.69) is 6.58 Å². The van der Waals surface area contributed by atoms with Crippen molar-refractivity contribution in [1.29, 1.82) is 0 Å². The first-order chi connectivity index (χ1) is 15.3. The van der Waals surface area contributed by atoms with E-state index < -0.39 is 22.9 Å². The van der Waals surface area contributed by atoms with Crippen LogP contribution < -0.4 is 10.2 Å². The minimum absolute atomic E-state index is 0.0191. The Kier molecular flexibility index (Phi) is 5.80. The normalized spacial score (nSPS) is 11.5. The summed E-state index contributed by atoms with van der Waals surface area (Å²) < 4.78 is 52.1. The lowest BCUT2D eigenvalue weighted by Crippen LogP contribution is -2.16. The first-order valence-electron chi connectivity index (χ1n) is 9.54. The summed E-state index contributed by atoms with van der Waals surface area (Å²) in [6, 6.07) is 17.2. The molecule has 0 fully saturated rings. The van der Waals surface area contributed by atoms with Crippen LogP contribution in [0.25, 0.3) is 28.2 Å². The highest BCUT2D eigenvalue weighted by Gasteiger charge is 2.39. The number of fused-ring (bicyclic) bond motifs is 1. The summed E-state index contributed by atoms with van der Waals surface area (Å²) in [6.45, 7) is 3.89. The van der Waals surface area contributed by atoms with E-state index in [1.807, 2.05) is 24.3 Å². The Bertz CT molecular complexity index is 1340. The van der Waals surface area contributed by atoms with Gasteiger partial charge in [0, 0.05) is 11.1 Å². The SMILES string of the molecule is C=Cc1ccc(COc2ccc3c(=O)c(-c4ccc(Cl)cc4)c(C(F)(F)F)oc3c2)cc1. The molecule has 0 saturated carbocycles. The first kappa shape index (κ1) is 21.7. The zero-order chi connectivity index (χ0) is 22.9. The zero-order valence-electron chi connectivity index (χ0n) is 16.6. The summed E-state index contributed by atoms with van der Waals surface area (Å²) in [4.78, 5) is 13.0. The Hall–Kier alpha value is -3.51. The van der Waals surface area contributed by atoms with Gasteiger partial charge in [-0.15, -0.1) is 0 Å². The molecule has 0 aliphatic rings. The fraction of sp³-hybridized carbons (Fsp3) is 0.0800. The number of alkyl halides is 3. The molecule has 1 aromatic heterocycles. The summed E-state index contributed by atoms with van der Waals surface area (Å²) in [5.74, 6) is -1.09. The highest BCUT2D eigenvalue weighted by atomic mass is 35.5. The highest BCUT2D eigenvalue weighted by Crippen LogP contribution is 2.38. The Morgan fingerprint density at radius 3 is 2.31 bits per heavy atom. The van der Waals surface area contributed by atoms with Gasteiger partial charge in [-0.1, -0.05) is 60.7 Å². The van der Waals surface area contributed by atoms with Crippen LogP contribution in [0.15, 0.2) is 82.5 Å². The Morgan fingerprint density at radius 1 is 1.00 bits per heavy atom. The van der Waals surface area contributed by atoms with Crippen molar-refractivity contribution in [3.8, 4) is 16.9 Å². The molecule has 1 heterocycles. The van der Waals surface area contributed by atoms with Crippen LogP contribution in [0.2, 0.25) is 5.02 Å². The number of hydrogen-bond donors (Lipinski definition) is 0. The average Bonchev–Trinajstić information content (AvgIpc) is 2.78. The fourth-order valence-corrected chi connectivity index (χ4v) is 3.38. The standard InChI is InChI=1S/C25H16ClF3O3/c1-2-15-3-5-16(6-4-15)14-31-19-11-12-20-21(13-19)32-24(25(27,28)29)22(23(20)30)17-7-9-18(26)10-8-17/h2-13H,1,14H2. The molecule has 0 bridgehead atoms. The van der Waals surface area contributed by atoms with E-state index in [1.165, 1.54) is 42.5 Å². The fourth-order valence-electron chi connectivity index (χ4n) is 3.26. The third-order valence-electron chi connectivity index (χ3n) is 4.88. The Labute approximate surface area is 186 Å². The van der Waals surface area contributed by atoms with Crippen molar-refractivity contribution in [2.24, 2.45) is 0 Å². The number of benzene rings is 3. The smallest absolute Gasteiger partial charge is 0.450 e. The molecular formula is C25H16ClF3O3. The predicted octanol–water partition coefficient (Wildman–Crippen LogP) is 7.35. The summed E-state index contributed by atoms with van der Waals surface area (Å²) in [7, 11) is 0. The van der Waals surface area contributed by atoms with Gasteiger partial charge >= 0.3 is 6.18 Å². The zero-order valence-corrected chi connectivity index (χ0v) is 17.3. The molecule has 4 aromatic rings. The van der Waals surface area contributed by atoms with Crippen LogP contribution in [0.1, 0.15) is 16.9 Å². The number of hydrogen-bond acceptors (Lipinski definition) is 3. The average molecular weight is 457 g/mol. The van der Waals surface area contributed by atoms with Crippen molar-refractivity contribution in [2.45, 2.75) is 12.8 Å². The van der Waals surface area contributed by atoms with Crippen molar-refractivity contribution in [3.63, 3.8) is 0 Å². The van der Waals surface area contributed by atoms with Gasteiger partial charge in [0.1, 0.15) is 17.9 Å². The molecular weight excluding hydrogens is 441 g/mol. The molecule has 0 aliphatic carbocycles. The van der Waals surface area contributed by atoms with Gasteiger partial charge in [0.25, 0.3) is 0 Å². The molecule has 0 N–H and O–H groups in total. The lowest BCUT2D eigenvalue weighted by molar-refractivity contribution is -0.152. The van der Waals surface area contributed by atoms with Crippen LogP contribution in [-0.2, 0) is 12.8 Å². The topological polar surface area (TPSA) is 39.4 Å². The molecule has 4 rings (SSSR count). The third kappa shape index (κ3) is 4.41. The van der Waals surface area contributed by atoms with Crippen LogP contribution >= 0.6 is 11.6 Å². The monoisotopic (exact) mass is 456 g/mol. The highest BCUT2D eigenvalue weighted by molar-refractivity contribution is 6.30. The Morgan fingerprint density at radius 2 is 1.69 bits per heavy atom. The predicted molar refractivity (Wildman–Crippen MR) is 119 cm³/mol. The largest absolute Gasteiger partial charge is 0.489 e. The molecule has 0 saturated heterocycles. The van der Waals surface area contributed by atoms with Crippen molar-refractivity contribution in [2.75, 3.05) is 0 Å². The van der Waals surface area contributed by atoms with E-state index in [9.17, 15) is 18.0 Å². The van der Waals surface area contributed by atoms with Crippen molar-refractivity contribution >= 4 is 28.6 Å². The summed E-state index contributed by atoms with van der Waals surface area (Å²) in [6.07, 6.45) is -3.15. The second-order valence-electron chi connectivity index (χ2n) is 7.03. The van der Waals surface area contributed by atoms with Gasteiger partial charge in [-0.05, 0) is 41.0 Å². The summed E-state index contributed by atoms with van der Waals surface area (Å²) in [5, 5.41) is 0.360. The molecule has 0 radical (unpaired) electrons. The maximum atomic E-state index is 13.8. The lowest BCUT2D eigenvalue weighted by atomic mass is 10.0. The Balaban J connectivity index is 1.74. The molecule has 0 spiro atoms. The quantitative estimate of drug-likeness (QED) is 0.315. The van der Waals surface area contributed by atoms with E-state index in [1.54, 1.807) is 6.08 Å². The van der Waals surface area contributed by atoms with Crippen molar-refractivity contribution < 1.29 is 22.3 Å². The van der Waals surface area contributed by atoms with Gasteiger partial charge in [-0.3, -0.25) is 4.79 Å². The molecule has 162 valence electrons. The number of ether oxygens (including phenoxy) is 1. The van der Waals surface area contributed by atoms with E-state index in [0.29, 0.717) is 5.02 Å². The summed E-state index contributed by atoms with van der Waals surface area (Å²) >= 11 is 5.83. The van der Waals surface area contributed by atoms with Gasteiger partial charge < -0.3 is 9.15 Å². The van der Waals surface area contributed by atoms with Crippen molar-refractivity contribution in [3.05, 3.63) is 105 Å². The van der Waals surface area contributed by atoms with Crippen LogP contribution in [0.5, 0.6) is 5.75 Å². The number of rotatable bonds is 5.